The predicted molar refractivity (Wildman–Crippen MR) is 149 cm³/mol. The van der Waals surface area contributed by atoms with Gasteiger partial charge in [-0.25, -0.2) is 9.38 Å². The molecule has 1 fully saturated rings. The molecule has 2 heterocycles. The number of hydrogen-bond donors (Lipinski definition) is 3. The van der Waals surface area contributed by atoms with Crippen LogP contribution in [0.15, 0.2) is 71.7 Å². The number of nitrogens with one attached hydrogen (secondary N) is 2. The Morgan fingerprint density at radius 3 is 2.29 bits per heavy atom. The van der Waals surface area contributed by atoms with Crippen molar-refractivity contribution in [2.75, 3.05) is 39.7 Å². The molecule has 1 atom stereocenters. The molecule has 200 valence electrons. The molecular formula is C30H36FN5O2. The Balaban J connectivity index is 1.47. The van der Waals surface area contributed by atoms with E-state index < -0.39 is 5.79 Å². The van der Waals surface area contributed by atoms with E-state index in [1.807, 2.05) is 37.4 Å². The first-order valence-corrected chi connectivity index (χ1v) is 13.0. The topological polar surface area (TPSA) is 84.1 Å². The van der Waals surface area contributed by atoms with Gasteiger partial charge < -0.3 is 20.5 Å². The minimum absolute atomic E-state index is 0.234. The molecule has 8 heteroatoms. The van der Waals surface area contributed by atoms with Crippen LogP contribution < -0.4 is 25.8 Å². The van der Waals surface area contributed by atoms with Crippen LogP contribution in [-0.4, -0.2) is 50.9 Å². The quantitative estimate of drug-likeness (QED) is 0.409. The van der Waals surface area contributed by atoms with Crippen LogP contribution in [0.25, 0.3) is 0 Å². The Kier molecular flexibility index (Phi) is 7.27. The summed E-state index contributed by atoms with van der Waals surface area (Å²) in [6.45, 7) is 2.76. The van der Waals surface area contributed by atoms with Gasteiger partial charge in [0.05, 0.1) is 19.9 Å². The third kappa shape index (κ3) is 5.06. The van der Waals surface area contributed by atoms with Gasteiger partial charge in [-0.05, 0) is 62.3 Å². The van der Waals surface area contributed by atoms with Gasteiger partial charge in [0.2, 0.25) is 0 Å². The van der Waals surface area contributed by atoms with E-state index in [1.165, 1.54) is 5.56 Å². The highest BCUT2D eigenvalue weighted by Crippen LogP contribution is 2.45. The molecule has 0 aliphatic carbocycles. The third-order valence-electron chi connectivity index (χ3n) is 7.98. The smallest absolute Gasteiger partial charge is 0.187 e. The summed E-state index contributed by atoms with van der Waals surface area (Å²) in [4.78, 5) is 7.45. The van der Waals surface area contributed by atoms with Gasteiger partial charge in [-0.3, -0.25) is 10.2 Å². The van der Waals surface area contributed by atoms with Crippen molar-refractivity contribution in [3.05, 3.63) is 89.2 Å². The third-order valence-corrected chi connectivity index (χ3v) is 7.98. The van der Waals surface area contributed by atoms with E-state index in [0.29, 0.717) is 23.8 Å². The molecule has 0 spiro atoms. The van der Waals surface area contributed by atoms with Crippen molar-refractivity contribution in [3.8, 4) is 11.5 Å². The lowest BCUT2D eigenvalue weighted by molar-refractivity contribution is 0.124. The van der Waals surface area contributed by atoms with E-state index in [4.69, 9.17) is 20.2 Å². The molecule has 2 aliphatic heterocycles. The normalized spacial score (nSPS) is 20.7. The van der Waals surface area contributed by atoms with Crippen molar-refractivity contribution in [2.24, 2.45) is 10.7 Å². The van der Waals surface area contributed by atoms with Gasteiger partial charge in [0.1, 0.15) is 11.7 Å². The van der Waals surface area contributed by atoms with E-state index in [1.54, 1.807) is 26.4 Å². The highest BCUT2D eigenvalue weighted by atomic mass is 19.1. The first-order valence-electron chi connectivity index (χ1n) is 13.0. The van der Waals surface area contributed by atoms with Crippen LogP contribution in [0, 0.1) is 5.82 Å². The molecule has 1 saturated heterocycles. The number of halogens is 1. The highest BCUT2D eigenvalue weighted by molar-refractivity contribution is 6.05. The molecule has 0 aromatic heterocycles. The van der Waals surface area contributed by atoms with Crippen LogP contribution >= 0.6 is 0 Å². The van der Waals surface area contributed by atoms with E-state index in [0.717, 1.165) is 49.3 Å². The molecule has 3 aromatic carbocycles. The van der Waals surface area contributed by atoms with Gasteiger partial charge in [-0.1, -0.05) is 42.5 Å². The predicted octanol–water partition coefficient (Wildman–Crippen LogP) is 4.47. The molecule has 3 aromatic rings. The monoisotopic (exact) mass is 517 g/mol. The number of hydrogen-bond acceptors (Lipinski definition) is 7. The van der Waals surface area contributed by atoms with Gasteiger partial charge >= 0.3 is 0 Å². The van der Waals surface area contributed by atoms with E-state index >= 15 is 0 Å². The number of methoxy groups -OCH3 is 2. The number of benzene rings is 3. The number of rotatable bonds is 8. The summed E-state index contributed by atoms with van der Waals surface area (Å²) in [5.74, 6) is 0.538. The minimum atomic E-state index is -0.854. The van der Waals surface area contributed by atoms with E-state index in [-0.39, 0.29) is 11.2 Å². The Morgan fingerprint density at radius 2 is 1.66 bits per heavy atom. The zero-order valence-electron chi connectivity index (χ0n) is 22.3. The largest absolute Gasteiger partial charge is 0.493 e. The molecular weight excluding hydrogens is 481 g/mol. The molecule has 0 radical (unpaired) electrons. The second-order valence-corrected chi connectivity index (χ2v) is 10.2. The van der Waals surface area contributed by atoms with Gasteiger partial charge in [-0.15, -0.1) is 0 Å². The van der Waals surface area contributed by atoms with Gasteiger partial charge in [0, 0.05) is 30.0 Å². The lowest BCUT2D eigenvalue weighted by Gasteiger charge is -2.48. The zero-order valence-corrected chi connectivity index (χ0v) is 22.3. The zero-order chi connectivity index (χ0) is 26.8. The van der Waals surface area contributed by atoms with Crippen LogP contribution in [-0.2, 0) is 12.0 Å². The van der Waals surface area contributed by atoms with Crippen molar-refractivity contribution >= 4 is 11.5 Å². The Bertz CT molecular complexity index is 1290. The Hall–Kier alpha value is -3.62. The standard InChI is InChI=1S/C30H36FN5O2/c1-33-30(34-25-18-27(38-3)26(37-2)17-24(25)28(32)35-30)20-29(22-9-11-23(31)12-10-22)13-15-36(16-14-29)19-21-7-5-4-6-8-21/h4-12,17-18,33-34H,13-16,19-20H2,1-3H3,(H2,32,35). The molecule has 0 saturated carbocycles. The molecule has 0 amide bonds. The van der Waals surface area contributed by atoms with Crippen LogP contribution in [0.1, 0.15) is 36.0 Å². The number of piperidine rings is 1. The second-order valence-electron chi connectivity index (χ2n) is 10.2. The van der Waals surface area contributed by atoms with Crippen LogP contribution in [0.3, 0.4) is 0 Å². The van der Waals surface area contributed by atoms with Crippen molar-refractivity contribution in [1.29, 1.82) is 0 Å². The fraction of sp³-hybridized carbons (Fsp3) is 0.367. The maximum atomic E-state index is 13.9. The molecule has 5 rings (SSSR count). The van der Waals surface area contributed by atoms with Gasteiger partial charge in [0.25, 0.3) is 0 Å². The van der Waals surface area contributed by atoms with Gasteiger partial charge in [-0.2, -0.15) is 0 Å². The second kappa shape index (κ2) is 10.6. The molecule has 7 nitrogen and oxygen atoms in total. The fourth-order valence-electron chi connectivity index (χ4n) is 5.84. The SMILES string of the molecule is CNC1(CC2(c3ccc(F)cc3)CCN(Cc3ccccc3)CC2)N=C(N)c2cc(OC)c(OC)cc2N1. The lowest BCUT2D eigenvalue weighted by atomic mass is 9.68. The molecule has 2 aliphatic rings. The summed E-state index contributed by atoms with van der Waals surface area (Å²) in [6.07, 6.45) is 2.45. The maximum Gasteiger partial charge on any atom is 0.187 e. The van der Waals surface area contributed by atoms with Crippen molar-refractivity contribution in [1.82, 2.24) is 10.2 Å². The molecule has 0 bridgehead atoms. The number of anilines is 1. The van der Waals surface area contributed by atoms with Crippen LogP contribution in [0.5, 0.6) is 11.5 Å². The Labute approximate surface area is 223 Å². The highest BCUT2D eigenvalue weighted by Gasteiger charge is 2.45. The van der Waals surface area contributed by atoms with Crippen molar-refractivity contribution in [3.63, 3.8) is 0 Å². The molecule has 1 unspecified atom stereocenters. The average Bonchev–Trinajstić information content (AvgIpc) is 2.94. The molecule has 38 heavy (non-hydrogen) atoms. The summed E-state index contributed by atoms with van der Waals surface area (Å²) in [7, 11) is 5.10. The molecule has 4 N–H and O–H groups in total. The first-order chi connectivity index (χ1) is 18.4. The fourth-order valence-corrected chi connectivity index (χ4v) is 5.84. The van der Waals surface area contributed by atoms with Crippen molar-refractivity contribution in [2.45, 2.75) is 37.0 Å². The number of ether oxygens (including phenoxy) is 2. The Morgan fingerprint density at radius 1 is 1.00 bits per heavy atom. The minimum Gasteiger partial charge on any atom is -0.493 e. The summed E-state index contributed by atoms with van der Waals surface area (Å²) in [5, 5.41) is 7.04. The number of amidine groups is 1. The van der Waals surface area contributed by atoms with E-state index in [9.17, 15) is 4.39 Å². The summed E-state index contributed by atoms with van der Waals surface area (Å²) in [6, 6.07) is 21.2. The number of likely N-dealkylation sites (tertiary alicyclic amines) is 1. The summed E-state index contributed by atoms with van der Waals surface area (Å²) >= 11 is 0. The first kappa shape index (κ1) is 26.0. The summed E-state index contributed by atoms with van der Waals surface area (Å²) < 4.78 is 25.0. The van der Waals surface area contributed by atoms with Crippen molar-refractivity contribution < 1.29 is 13.9 Å². The van der Waals surface area contributed by atoms with Crippen LogP contribution in [0.4, 0.5) is 10.1 Å². The number of fused-ring (bicyclic) bond motifs is 1. The average molecular weight is 518 g/mol. The van der Waals surface area contributed by atoms with E-state index in [2.05, 4.69) is 39.8 Å². The lowest BCUT2D eigenvalue weighted by Crippen LogP contribution is -2.57. The number of nitrogens with zero attached hydrogens (tertiary/aromatic N) is 2. The maximum absolute atomic E-state index is 13.9. The number of nitrogens with two attached hydrogens (primary N) is 1. The summed E-state index contributed by atoms with van der Waals surface area (Å²) in [5.41, 5.74) is 10.3. The number of aliphatic imine (C=N–C) groups is 1. The van der Waals surface area contributed by atoms with Crippen LogP contribution in [0.2, 0.25) is 0 Å². The van der Waals surface area contributed by atoms with Gasteiger partial charge in [0.15, 0.2) is 17.3 Å².